The van der Waals surface area contributed by atoms with Gasteiger partial charge in [0, 0.05) is 6.54 Å². The molecule has 1 amide bonds. The van der Waals surface area contributed by atoms with Gasteiger partial charge in [-0.25, -0.2) is 0 Å². The molecule has 1 unspecified atom stereocenters. The molecule has 0 spiro atoms. The van der Waals surface area contributed by atoms with E-state index in [1.54, 1.807) is 13.0 Å². The van der Waals surface area contributed by atoms with Crippen LogP contribution >= 0.6 is 0 Å². The Balaban J connectivity index is 2.03. The Hall–Kier alpha value is -1.55. The molecule has 0 heterocycles. The number of carbonyl (C=O) groups excluding carboxylic acids is 1. The normalized spacial score (nSPS) is 16.8. The number of aliphatic hydroxyl groups excluding tert-OH is 1. The van der Waals surface area contributed by atoms with Crippen LogP contribution in [0, 0.1) is 0 Å². The van der Waals surface area contributed by atoms with Crippen molar-refractivity contribution in [1.82, 2.24) is 5.32 Å². The number of carbonyl (C=O) groups is 1. The Morgan fingerprint density at radius 2 is 2.22 bits per heavy atom. The van der Waals surface area contributed by atoms with Gasteiger partial charge in [0.1, 0.15) is 5.75 Å². The van der Waals surface area contributed by atoms with Gasteiger partial charge in [-0.3, -0.25) is 4.79 Å². The number of benzene rings is 1. The summed E-state index contributed by atoms with van der Waals surface area (Å²) in [5.74, 6) is 0.427. The van der Waals surface area contributed by atoms with E-state index >= 15 is 0 Å². The maximum absolute atomic E-state index is 12.0. The summed E-state index contributed by atoms with van der Waals surface area (Å²) in [5, 5.41) is 11.8. The molecule has 0 saturated heterocycles. The maximum atomic E-state index is 12.0. The first-order valence-corrected chi connectivity index (χ1v) is 6.39. The van der Waals surface area contributed by atoms with Crippen LogP contribution in [0.1, 0.15) is 36.5 Å². The molecular formula is C14H19NO3. The lowest BCUT2D eigenvalue weighted by atomic mass is 9.96. The van der Waals surface area contributed by atoms with Gasteiger partial charge >= 0.3 is 0 Å². The zero-order valence-electron chi connectivity index (χ0n) is 10.6. The number of para-hydroxylation sites is 1. The average molecular weight is 249 g/mol. The summed E-state index contributed by atoms with van der Waals surface area (Å²) >= 11 is 0. The smallest absolute Gasteiger partial charge is 0.255 e. The minimum absolute atomic E-state index is 0.203. The van der Waals surface area contributed by atoms with Crippen molar-refractivity contribution in [3.05, 3.63) is 29.8 Å². The molecule has 0 aromatic heterocycles. The highest BCUT2D eigenvalue weighted by molar-refractivity contribution is 5.96. The van der Waals surface area contributed by atoms with Crippen LogP contribution in [0.15, 0.2) is 24.3 Å². The first-order valence-electron chi connectivity index (χ1n) is 6.39. The summed E-state index contributed by atoms with van der Waals surface area (Å²) in [4.78, 5) is 12.0. The van der Waals surface area contributed by atoms with Crippen LogP contribution in [0.4, 0.5) is 0 Å². The SMILES string of the molecule is CC(O)CNC(=O)c1ccccc1OC1CCC1. The molecule has 1 aromatic carbocycles. The Morgan fingerprint density at radius 1 is 1.50 bits per heavy atom. The van der Waals surface area contributed by atoms with Crippen molar-refractivity contribution in [2.45, 2.75) is 38.4 Å². The van der Waals surface area contributed by atoms with Gasteiger partial charge in [0.15, 0.2) is 0 Å². The molecule has 1 saturated carbocycles. The topological polar surface area (TPSA) is 58.6 Å². The summed E-state index contributed by atoms with van der Waals surface area (Å²) in [5.41, 5.74) is 0.532. The van der Waals surface area contributed by atoms with E-state index in [0.29, 0.717) is 11.3 Å². The summed E-state index contributed by atoms with van der Waals surface area (Å²) in [6, 6.07) is 7.23. The first kappa shape index (κ1) is 12.9. The molecule has 0 bridgehead atoms. The monoisotopic (exact) mass is 249 g/mol. The second-order valence-electron chi connectivity index (χ2n) is 4.73. The maximum Gasteiger partial charge on any atom is 0.255 e. The van der Waals surface area contributed by atoms with E-state index in [-0.39, 0.29) is 18.6 Å². The fourth-order valence-electron chi connectivity index (χ4n) is 1.76. The fourth-order valence-corrected chi connectivity index (χ4v) is 1.76. The lowest BCUT2D eigenvalue weighted by Gasteiger charge is -2.27. The Kier molecular flexibility index (Phi) is 4.20. The molecule has 0 aliphatic heterocycles. The van der Waals surface area contributed by atoms with Gasteiger partial charge in [-0.2, -0.15) is 0 Å². The predicted molar refractivity (Wildman–Crippen MR) is 68.7 cm³/mol. The Labute approximate surface area is 107 Å². The van der Waals surface area contributed by atoms with Crippen LogP contribution in [0.25, 0.3) is 0 Å². The highest BCUT2D eigenvalue weighted by Crippen LogP contribution is 2.27. The zero-order chi connectivity index (χ0) is 13.0. The second-order valence-corrected chi connectivity index (χ2v) is 4.73. The molecule has 4 nitrogen and oxygen atoms in total. The van der Waals surface area contributed by atoms with Crippen molar-refractivity contribution in [2.75, 3.05) is 6.54 Å². The van der Waals surface area contributed by atoms with E-state index in [1.165, 1.54) is 6.42 Å². The van der Waals surface area contributed by atoms with Crippen LogP contribution in [-0.2, 0) is 0 Å². The minimum atomic E-state index is -0.548. The molecular weight excluding hydrogens is 230 g/mol. The summed E-state index contributed by atoms with van der Waals surface area (Å²) < 4.78 is 5.79. The molecule has 1 aromatic rings. The van der Waals surface area contributed by atoms with Crippen molar-refractivity contribution >= 4 is 5.91 Å². The number of nitrogens with one attached hydrogen (secondary N) is 1. The van der Waals surface area contributed by atoms with E-state index in [2.05, 4.69) is 5.32 Å². The van der Waals surface area contributed by atoms with Crippen LogP contribution in [-0.4, -0.2) is 29.8 Å². The van der Waals surface area contributed by atoms with Gasteiger partial charge < -0.3 is 15.2 Å². The average Bonchev–Trinajstić information content (AvgIpc) is 2.31. The molecule has 2 N–H and O–H groups in total. The van der Waals surface area contributed by atoms with Gasteiger partial charge in [-0.15, -0.1) is 0 Å². The zero-order valence-corrected chi connectivity index (χ0v) is 10.6. The van der Waals surface area contributed by atoms with Gasteiger partial charge in [0.2, 0.25) is 0 Å². The van der Waals surface area contributed by atoms with Crippen molar-refractivity contribution in [3.63, 3.8) is 0 Å². The molecule has 1 fully saturated rings. The second kappa shape index (κ2) is 5.87. The third kappa shape index (κ3) is 3.23. The molecule has 18 heavy (non-hydrogen) atoms. The van der Waals surface area contributed by atoms with Crippen LogP contribution in [0.2, 0.25) is 0 Å². The fraction of sp³-hybridized carbons (Fsp3) is 0.500. The van der Waals surface area contributed by atoms with Crippen molar-refractivity contribution < 1.29 is 14.6 Å². The van der Waals surface area contributed by atoms with Gasteiger partial charge in [-0.1, -0.05) is 12.1 Å². The van der Waals surface area contributed by atoms with E-state index in [1.807, 2.05) is 18.2 Å². The molecule has 98 valence electrons. The van der Waals surface area contributed by atoms with Crippen LogP contribution in [0.3, 0.4) is 0 Å². The highest BCUT2D eigenvalue weighted by Gasteiger charge is 2.21. The molecule has 4 heteroatoms. The van der Waals surface area contributed by atoms with Gasteiger partial charge in [0.05, 0.1) is 17.8 Å². The number of hydrogen-bond donors (Lipinski definition) is 2. The Morgan fingerprint density at radius 3 is 2.83 bits per heavy atom. The lowest BCUT2D eigenvalue weighted by molar-refractivity contribution is 0.0900. The van der Waals surface area contributed by atoms with E-state index in [9.17, 15) is 4.79 Å². The standard InChI is InChI=1S/C14H19NO3/c1-10(16)9-15-14(17)12-7-2-3-8-13(12)18-11-5-4-6-11/h2-3,7-8,10-11,16H,4-6,9H2,1H3,(H,15,17). The van der Waals surface area contributed by atoms with Crippen LogP contribution in [0.5, 0.6) is 5.75 Å². The van der Waals surface area contributed by atoms with Crippen molar-refractivity contribution in [1.29, 1.82) is 0 Å². The summed E-state index contributed by atoms with van der Waals surface area (Å²) in [6.45, 7) is 1.88. The van der Waals surface area contributed by atoms with Crippen molar-refractivity contribution in [2.24, 2.45) is 0 Å². The first-order chi connectivity index (χ1) is 8.66. The van der Waals surface area contributed by atoms with E-state index in [4.69, 9.17) is 9.84 Å². The molecule has 2 rings (SSSR count). The van der Waals surface area contributed by atoms with Gasteiger partial charge in [0.25, 0.3) is 5.91 Å². The predicted octanol–water partition coefficient (Wildman–Crippen LogP) is 1.73. The highest BCUT2D eigenvalue weighted by atomic mass is 16.5. The molecule has 1 aliphatic rings. The summed E-state index contributed by atoms with van der Waals surface area (Å²) in [6.07, 6.45) is 3.01. The van der Waals surface area contributed by atoms with Gasteiger partial charge in [-0.05, 0) is 38.3 Å². The molecule has 1 aliphatic carbocycles. The number of amides is 1. The third-order valence-electron chi connectivity index (χ3n) is 3.04. The number of aliphatic hydroxyl groups is 1. The third-order valence-corrected chi connectivity index (χ3v) is 3.04. The number of rotatable bonds is 5. The van der Waals surface area contributed by atoms with Crippen LogP contribution < -0.4 is 10.1 Å². The van der Waals surface area contributed by atoms with E-state index in [0.717, 1.165) is 12.8 Å². The van der Waals surface area contributed by atoms with Crippen molar-refractivity contribution in [3.8, 4) is 5.75 Å². The minimum Gasteiger partial charge on any atom is -0.490 e. The molecule has 1 atom stereocenters. The lowest BCUT2D eigenvalue weighted by Crippen LogP contribution is -2.31. The molecule has 0 radical (unpaired) electrons. The largest absolute Gasteiger partial charge is 0.490 e. The van der Waals surface area contributed by atoms with E-state index < -0.39 is 6.10 Å². The quantitative estimate of drug-likeness (QED) is 0.835. The number of hydrogen-bond acceptors (Lipinski definition) is 3. The summed E-state index contributed by atoms with van der Waals surface area (Å²) in [7, 11) is 0. The number of ether oxygens (including phenoxy) is 1. The Bertz CT molecular complexity index is 413.